The van der Waals surface area contributed by atoms with E-state index in [1.54, 1.807) is 6.20 Å². The Morgan fingerprint density at radius 3 is 2.87 bits per heavy atom. The minimum absolute atomic E-state index is 0.616. The van der Waals surface area contributed by atoms with Gasteiger partial charge < -0.3 is 0 Å². The zero-order valence-corrected chi connectivity index (χ0v) is 9.82. The predicted molar refractivity (Wildman–Crippen MR) is 59.4 cm³/mol. The molecule has 2 aromatic rings. The Morgan fingerprint density at radius 1 is 1.40 bits per heavy atom. The van der Waals surface area contributed by atoms with E-state index in [2.05, 4.69) is 48.2 Å². The van der Waals surface area contributed by atoms with Crippen molar-refractivity contribution < 1.29 is 0 Å². The van der Waals surface area contributed by atoms with Crippen LogP contribution in [0.15, 0.2) is 12.4 Å². The molecule has 0 aliphatic carbocycles. The van der Waals surface area contributed by atoms with Gasteiger partial charge in [0.25, 0.3) is 0 Å². The van der Waals surface area contributed by atoms with Crippen molar-refractivity contribution in [2.24, 2.45) is 0 Å². The molecule has 15 heavy (non-hydrogen) atoms. The van der Waals surface area contributed by atoms with E-state index in [4.69, 9.17) is 0 Å². The second-order valence-electron chi connectivity index (χ2n) is 3.01. The smallest absolute Gasteiger partial charge is 0.181 e. The monoisotopic (exact) mass is 267 g/mol. The third-order valence-electron chi connectivity index (χ3n) is 2.08. The molecule has 1 N–H and O–H groups in total. The Bertz CT molecular complexity index is 440. The summed E-state index contributed by atoms with van der Waals surface area (Å²) >= 11 is 3.41. The van der Waals surface area contributed by atoms with Gasteiger partial charge in [-0.2, -0.15) is 15.4 Å². The van der Waals surface area contributed by atoms with Crippen molar-refractivity contribution in [1.29, 1.82) is 0 Å². The molecule has 78 valence electrons. The highest BCUT2D eigenvalue weighted by Gasteiger charge is 2.08. The van der Waals surface area contributed by atoms with Crippen molar-refractivity contribution >= 4 is 15.9 Å². The Morgan fingerprint density at radius 2 is 2.27 bits per heavy atom. The van der Waals surface area contributed by atoms with Crippen molar-refractivity contribution in [2.45, 2.75) is 18.7 Å². The summed E-state index contributed by atoms with van der Waals surface area (Å²) in [6, 6.07) is 0. The maximum absolute atomic E-state index is 4.44. The summed E-state index contributed by atoms with van der Waals surface area (Å²) in [6.45, 7) is 2.07. The van der Waals surface area contributed by atoms with E-state index >= 15 is 0 Å². The average molecular weight is 268 g/mol. The first-order valence-electron chi connectivity index (χ1n) is 4.62. The first kappa shape index (κ1) is 10.2. The molecule has 0 aliphatic rings. The van der Waals surface area contributed by atoms with Crippen LogP contribution in [-0.4, -0.2) is 25.4 Å². The number of nitrogens with one attached hydrogen (secondary N) is 1. The van der Waals surface area contributed by atoms with Crippen LogP contribution >= 0.6 is 15.9 Å². The van der Waals surface area contributed by atoms with Crippen molar-refractivity contribution in [3.8, 4) is 11.5 Å². The molecule has 0 radical (unpaired) electrons. The van der Waals surface area contributed by atoms with Crippen LogP contribution in [0.5, 0.6) is 0 Å². The molecule has 2 heterocycles. The van der Waals surface area contributed by atoms with Crippen LogP contribution in [0.4, 0.5) is 0 Å². The summed E-state index contributed by atoms with van der Waals surface area (Å²) in [6.07, 6.45) is 4.32. The van der Waals surface area contributed by atoms with Gasteiger partial charge in [-0.3, -0.25) is 0 Å². The molecule has 0 amide bonds. The summed E-state index contributed by atoms with van der Waals surface area (Å²) in [5.74, 6) is 0.616. The van der Waals surface area contributed by atoms with E-state index in [-0.39, 0.29) is 0 Å². The van der Waals surface area contributed by atoms with E-state index in [0.717, 1.165) is 23.0 Å². The maximum atomic E-state index is 4.44. The molecule has 0 spiro atoms. The molecular formula is C9H10BrN5. The Hall–Kier alpha value is -1.30. The highest BCUT2D eigenvalue weighted by molar-refractivity contribution is 9.08. The van der Waals surface area contributed by atoms with Crippen LogP contribution in [0.3, 0.4) is 0 Å². The van der Waals surface area contributed by atoms with Crippen molar-refractivity contribution in [2.75, 3.05) is 0 Å². The summed E-state index contributed by atoms with van der Waals surface area (Å²) in [7, 11) is 0. The Kier molecular flexibility index (Phi) is 3.05. The van der Waals surface area contributed by atoms with Gasteiger partial charge >= 0.3 is 0 Å². The molecule has 2 rings (SSSR count). The van der Waals surface area contributed by atoms with Crippen LogP contribution in [0.1, 0.15) is 18.2 Å². The summed E-state index contributed by atoms with van der Waals surface area (Å²) in [5, 5.41) is 11.0. The lowest BCUT2D eigenvalue weighted by Gasteiger charge is -2.04. The SMILES string of the molecule is CCc1nc(-c2cn[nH]n2)ncc1CBr. The molecular weight excluding hydrogens is 258 g/mol. The average Bonchev–Trinajstić information content (AvgIpc) is 2.81. The first-order valence-corrected chi connectivity index (χ1v) is 5.74. The number of rotatable bonds is 3. The second-order valence-corrected chi connectivity index (χ2v) is 3.57. The van der Waals surface area contributed by atoms with Gasteiger partial charge in [0.05, 0.1) is 6.20 Å². The standard InChI is InChI=1S/C9H10BrN5/c1-2-7-6(3-10)4-11-9(13-7)8-5-12-15-14-8/h4-5H,2-3H2,1H3,(H,12,14,15). The number of halogens is 1. The fourth-order valence-corrected chi connectivity index (χ4v) is 1.76. The highest BCUT2D eigenvalue weighted by Crippen LogP contribution is 2.15. The number of hydrogen-bond acceptors (Lipinski definition) is 4. The molecule has 0 saturated carbocycles. The molecule has 0 aromatic carbocycles. The fourth-order valence-electron chi connectivity index (χ4n) is 1.29. The van der Waals surface area contributed by atoms with E-state index in [1.165, 1.54) is 0 Å². The van der Waals surface area contributed by atoms with Gasteiger partial charge in [-0.15, -0.1) is 0 Å². The van der Waals surface area contributed by atoms with Crippen molar-refractivity contribution in [1.82, 2.24) is 25.4 Å². The van der Waals surface area contributed by atoms with Gasteiger partial charge in [0.1, 0.15) is 5.69 Å². The minimum atomic E-state index is 0.616. The third-order valence-corrected chi connectivity index (χ3v) is 2.68. The van der Waals surface area contributed by atoms with Crippen LogP contribution in [0.2, 0.25) is 0 Å². The number of aromatic amines is 1. The second kappa shape index (κ2) is 4.48. The van der Waals surface area contributed by atoms with Gasteiger partial charge in [-0.05, 0) is 6.42 Å². The molecule has 0 saturated heterocycles. The normalized spacial score (nSPS) is 10.5. The number of hydrogen-bond donors (Lipinski definition) is 1. The van der Waals surface area contributed by atoms with Gasteiger partial charge in [0, 0.05) is 22.8 Å². The number of nitrogens with zero attached hydrogens (tertiary/aromatic N) is 4. The number of aryl methyl sites for hydroxylation is 1. The highest BCUT2D eigenvalue weighted by atomic mass is 79.9. The maximum Gasteiger partial charge on any atom is 0.181 e. The van der Waals surface area contributed by atoms with Crippen LogP contribution in [0, 0.1) is 0 Å². The summed E-state index contributed by atoms with van der Waals surface area (Å²) in [5.41, 5.74) is 2.83. The molecule has 2 aromatic heterocycles. The molecule has 0 aliphatic heterocycles. The quantitative estimate of drug-likeness (QED) is 0.860. The lowest BCUT2D eigenvalue weighted by atomic mass is 10.2. The largest absolute Gasteiger partial charge is 0.235 e. The molecule has 6 heteroatoms. The van der Waals surface area contributed by atoms with Crippen LogP contribution in [-0.2, 0) is 11.8 Å². The number of alkyl halides is 1. The van der Waals surface area contributed by atoms with Gasteiger partial charge in [-0.25, -0.2) is 9.97 Å². The summed E-state index contributed by atoms with van der Waals surface area (Å²) in [4.78, 5) is 8.68. The van der Waals surface area contributed by atoms with Crippen molar-refractivity contribution in [3.05, 3.63) is 23.7 Å². The van der Waals surface area contributed by atoms with Crippen LogP contribution in [0.25, 0.3) is 11.5 Å². The van der Waals surface area contributed by atoms with E-state index in [0.29, 0.717) is 11.5 Å². The van der Waals surface area contributed by atoms with Crippen LogP contribution < -0.4 is 0 Å². The molecule has 0 unspecified atom stereocenters. The third kappa shape index (κ3) is 2.04. The van der Waals surface area contributed by atoms with E-state index in [1.807, 2.05) is 6.20 Å². The van der Waals surface area contributed by atoms with Gasteiger partial charge in [0.15, 0.2) is 5.82 Å². The molecule has 5 nitrogen and oxygen atoms in total. The lowest BCUT2D eigenvalue weighted by molar-refractivity contribution is 0.929. The zero-order chi connectivity index (χ0) is 10.7. The first-order chi connectivity index (χ1) is 7.35. The topological polar surface area (TPSA) is 67.3 Å². The molecule has 0 bridgehead atoms. The van der Waals surface area contributed by atoms with Crippen molar-refractivity contribution in [3.63, 3.8) is 0 Å². The number of aromatic nitrogens is 5. The lowest BCUT2D eigenvalue weighted by Crippen LogP contribution is -1.99. The minimum Gasteiger partial charge on any atom is -0.235 e. The number of H-pyrrole nitrogens is 1. The Balaban J connectivity index is 2.43. The van der Waals surface area contributed by atoms with Gasteiger partial charge in [0.2, 0.25) is 0 Å². The predicted octanol–water partition coefficient (Wildman–Crippen LogP) is 1.72. The Labute approximate surface area is 95.5 Å². The fraction of sp³-hybridized carbons (Fsp3) is 0.333. The zero-order valence-electron chi connectivity index (χ0n) is 8.24. The molecule has 0 fully saturated rings. The van der Waals surface area contributed by atoms with Gasteiger partial charge in [-0.1, -0.05) is 22.9 Å². The van der Waals surface area contributed by atoms with E-state index in [9.17, 15) is 0 Å². The molecule has 0 atom stereocenters. The van der Waals surface area contributed by atoms with E-state index < -0.39 is 0 Å². The summed E-state index contributed by atoms with van der Waals surface area (Å²) < 4.78 is 0.